The van der Waals surface area contributed by atoms with E-state index in [-0.39, 0.29) is 5.69 Å². The Morgan fingerprint density at radius 1 is 1.14 bits per heavy atom. The van der Waals surface area contributed by atoms with E-state index in [2.05, 4.69) is 20.9 Å². The van der Waals surface area contributed by atoms with Crippen molar-refractivity contribution in [2.24, 2.45) is 0 Å². The summed E-state index contributed by atoms with van der Waals surface area (Å²) in [7, 11) is 0. The molecule has 0 saturated heterocycles. The Labute approximate surface area is 128 Å². The molecular weight excluding hydrogens is 336 g/mol. The SMILES string of the molecule is O=[N+]([O-])c1ccc(Oc2cccc(Br)c2)c2cccnc12. The number of nitrogens with zero attached hydrogens (tertiary/aromatic N) is 2. The minimum absolute atomic E-state index is 0.0350. The predicted molar refractivity (Wildman–Crippen MR) is 82.6 cm³/mol. The van der Waals surface area contributed by atoms with Crippen LogP contribution >= 0.6 is 15.9 Å². The number of ether oxygens (including phenoxy) is 1. The normalized spacial score (nSPS) is 10.5. The minimum Gasteiger partial charge on any atom is -0.457 e. The van der Waals surface area contributed by atoms with Crippen molar-refractivity contribution in [1.82, 2.24) is 4.98 Å². The van der Waals surface area contributed by atoms with Gasteiger partial charge in [0.2, 0.25) is 0 Å². The summed E-state index contributed by atoms with van der Waals surface area (Å²) in [6, 6.07) is 13.8. The van der Waals surface area contributed by atoms with Crippen LogP contribution in [-0.2, 0) is 0 Å². The lowest BCUT2D eigenvalue weighted by atomic mass is 10.1. The van der Waals surface area contributed by atoms with E-state index in [0.29, 0.717) is 22.4 Å². The Bertz CT molecular complexity index is 836. The van der Waals surface area contributed by atoms with Gasteiger partial charge < -0.3 is 4.74 Å². The van der Waals surface area contributed by atoms with Gasteiger partial charge in [-0.25, -0.2) is 4.98 Å². The molecule has 3 rings (SSSR count). The molecule has 1 heterocycles. The van der Waals surface area contributed by atoms with Gasteiger partial charge in [-0.3, -0.25) is 10.1 Å². The molecule has 2 aromatic carbocycles. The fourth-order valence-corrected chi connectivity index (χ4v) is 2.40. The van der Waals surface area contributed by atoms with Gasteiger partial charge in [0.25, 0.3) is 5.69 Å². The maximum atomic E-state index is 11.0. The molecule has 0 aliphatic carbocycles. The maximum Gasteiger partial charge on any atom is 0.295 e. The highest BCUT2D eigenvalue weighted by molar-refractivity contribution is 9.10. The minimum atomic E-state index is -0.446. The summed E-state index contributed by atoms with van der Waals surface area (Å²) in [5, 5.41) is 11.7. The van der Waals surface area contributed by atoms with Gasteiger partial charge in [0, 0.05) is 22.1 Å². The number of benzene rings is 2. The fraction of sp³-hybridized carbons (Fsp3) is 0. The average molecular weight is 345 g/mol. The van der Waals surface area contributed by atoms with Crippen LogP contribution in [0.5, 0.6) is 11.5 Å². The van der Waals surface area contributed by atoms with Crippen molar-refractivity contribution >= 4 is 32.5 Å². The molecule has 0 spiro atoms. The molecule has 0 radical (unpaired) electrons. The molecule has 3 aromatic rings. The number of aromatic nitrogens is 1. The van der Waals surface area contributed by atoms with Gasteiger partial charge in [0.05, 0.1) is 4.92 Å². The van der Waals surface area contributed by atoms with E-state index in [0.717, 1.165) is 4.47 Å². The number of halogens is 1. The van der Waals surface area contributed by atoms with Gasteiger partial charge >= 0.3 is 0 Å². The molecule has 0 aliphatic rings. The largest absolute Gasteiger partial charge is 0.457 e. The summed E-state index contributed by atoms with van der Waals surface area (Å²) in [5.41, 5.74) is 0.280. The average Bonchev–Trinajstić information content (AvgIpc) is 2.47. The zero-order chi connectivity index (χ0) is 14.8. The van der Waals surface area contributed by atoms with Crippen molar-refractivity contribution in [2.45, 2.75) is 0 Å². The van der Waals surface area contributed by atoms with E-state index >= 15 is 0 Å². The third-order valence-electron chi connectivity index (χ3n) is 2.93. The van der Waals surface area contributed by atoms with Crippen LogP contribution in [-0.4, -0.2) is 9.91 Å². The first-order valence-corrected chi connectivity index (χ1v) is 6.90. The van der Waals surface area contributed by atoms with Crippen LogP contribution in [0, 0.1) is 10.1 Å². The lowest BCUT2D eigenvalue weighted by Crippen LogP contribution is -1.93. The van der Waals surface area contributed by atoms with Crippen LogP contribution < -0.4 is 4.74 Å². The second-order valence-electron chi connectivity index (χ2n) is 4.30. The molecule has 5 nitrogen and oxygen atoms in total. The maximum absolute atomic E-state index is 11.0. The highest BCUT2D eigenvalue weighted by Crippen LogP contribution is 2.34. The Morgan fingerprint density at radius 3 is 2.76 bits per heavy atom. The number of hydrogen-bond acceptors (Lipinski definition) is 4. The van der Waals surface area contributed by atoms with Gasteiger partial charge in [-0.05, 0) is 36.4 Å². The molecule has 0 fully saturated rings. The number of nitro groups is 1. The molecule has 0 N–H and O–H groups in total. The summed E-state index contributed by atoms with van der Waals surface area (Å²) in [5.74, 6) is 1.17. The summed E-state index contributed by atoms with van der Waals surface area (Å²) in [6.45, 7) is 0. The Morgan fingerprint density at radius 2 is 2.00 bits per heavy atom. The van der Waals surface area contributed by atoms with Crippen molar-refractivity contribution in [2.75, 3.05) is 0 Å². The smallest absolute Gasteiger partial charge is 0.295 e. The van der Waals surface area contributed by atoms with Gasteiger partial charge in [-0.15, -0.1) is 0 Å². The third-order valence-corrected chi connectivity index (χ3v) is 3.42. The van der Waals surface area contributed by atoms with Crippen LogP contribution in [0.4, 0.5) is 5.69 Å². The second-order valence-corrected chi connectivity index (χ2v) is 5.21. The molecular formula is C15H9BrN2O3. The lowest BCUT2D eigenvalue weighted by Gasteiger charge is -2.09. The molecule has 0 atom stereocenters. The van der Waals surface area contributed by atoms with Gasteiger partial charge in [0.15, 0.2) is 5.52 Å². The molecule has 0 saturated carbocycles. The van der Waals surface area contributed by atoms with Crippen molar-refractivity contribution in [3.63, 3.8) is 0 Å². The first-order chi connectivity index (χ1) is 10.1. The van der Waals surface area contributed by atoms with Gasteiger partial charge in [0.1, 0.15) is 11.5 Å². The zero-order valence-corrected chi connectivity index (χ0v) is 12.3. The van der Waals surface area contributed by atoms with Crippen LogP contribution in [0.2, 0.25) is 0 Å². The standard InChI is InChI=1S/C15H9BrN2O3/c16-10-3-1-4-11(9-10)21-14-7-6-13(18(19)20)15-12(14)5-2-8-17-15/h1-9H. The molecule has 1 aromatic heterocycles. The van der Waals surface area contributed by atoms with E-state index in [1.807, 2.05) is 24.3 Å². The molecule has 0 bridgehead atoms. The summed E-state index contributed by atoms with van der Waals surface area (Å²) < 4.78 is 6.71. The predicted octanol–water partition coefficient (Wildman–Crippen LogP) is 4.70. The number of non-ortho nitro benzene ring substituents is 1. The summed E-state index contributed by atoms with van der Waals surface area (Å²) in [4.78, 5) is 14.7. The van der Waals surface area contributed by atoms with Crippen LogP contribution in [0.1, 0.15) is 0 Å². The number of fused-ring (bicyclic) bond motifs is 1. The zero-order valence-electron chi connectivity index (χ0n) is 10.7. The molecule has 104 valence electrons. The summed E-state index contributed by atoms with van der Waals surface area (Å²) >= 11 is 3.37. The highest BCUT2D eigenvalue weighted by Gasteiger charge is 2.16. The Hall–Kier alpha value is -2.47. The second kappa shape index (κ2) is 5.49. The first-order valence-electron chi connectivity index (χ1n) is 6.11. The third kappa shape index (κ3) is 2.71. The number of rotatable bonds is 3. The topological polar surface area (TPSA) is 65.3 Å². The van der Waals surface area contributed by atoms with Crippen LogP contribution in [0.25, 0.3) is 10.9 Å². The fourth-order valence-electron chi connectivity index (χ4n) is 2.03. The molecule has 0 amide bonds. The monoisotopic (exact) mass is 344 g/mol. The van der Waals surface area contributed by atoms with E-state index in [4.69, 9.17) is 4.74 Å². The van der Waals surface area contributed by atoms with Gasteiger partial charge in [-0.1, -0.05) is 22.0 Å². The van der Waals surface area contributed by atoms with Crippen molar-refractivity contribution in [3.8, 4) is 11.5 Å². The number of pyridine rings is 1. The van der Waals surface area contributed by atoms with E-state index in [1.165, 1.54) is 12.3 Å². The van der Waals surface area contributed by atoms with Gasteiger partial charge in [-0.2, -0.15) is 0 Å². The van der Waals surface area contributed by atoms with Crippen molar-refractivity contribution in [3.05, 3.63) is 69.3 Å². The quantitative estimate of drug-likeness (QED) is 0.510. The Balaban J connectivity index is 2.12. The van der Waals surface area contributed by atoms with E-state index in [9.17, 15) is 10.1 Å². The first kappa shape index (κ1) is 13.5. The molecule has 21 heavy (non-hydrogen) atoms. The molecule has 0 aliphatic heterocycles. The Kier molecular flexibility index (Phi) is 3.53. The van der Waals surface area contributed by atoms with Crippen LogP contribution in [0.15, 0.2) is 59.2 Å². The number of hydrogen-bond donors (Lipinski definition) is 0. The van der Waals surface area contributed by atoms with E-state index in [1.54, 1.807) is 18.2 Å². The van der Waals surface area contributed by atoms with Crippen molar-refractivity contribution in [1.29, 1.82) is 0 Å². The lowest BCUT2D eigenvalue weighted by molar-refractivity contribution is -0.383. The molecule has 6 heteroatoms. The van der Waals surface area contributed by atoms with Crippen molar-refractivity contribution < 1.29 is 9.66 Å². The van der Waals surface area contributed by atoms with E-state index < -0.39 is 4.92 Å². The summed E-state index contributed by atoms with van der Waals surface area (Å²) in [6.07, 6.45) is 1.53. The molecule has 0 unspecified atom stereocenters. The van der Waals surface area contributed by atoms with Crippen LogP contribution in [0.3, 0.4) is 0 Å². The highest BCUT2D eigenvalue weighted by atomic mass is 79.9. The number of nitro benzene ring substituents is 1.